The average Bonchev–Trinajstić information content (AvgIpc) is 1.81. The van der Waals surface area contributed by atoms with Crippen LogP contribution in [0.3, 0.4) is 0 Å². The largest absolute Gasteiger partial charge is 0.525 e. The van der Waals surface area contributed by atoms with Crippen LogP contribution in [0.2, 0.25) is 13.1 Å². The number of halogens is 3. The van der Waals surface area contributed by atoms with Crippen LogP contribution in [0, 0.1) is 0 Å². The summed E-state index contributed by atoms with van der Waals surface area (Å²) in [5, 5.41) is 0. The van der Waals surface area contributed by atoms with Gasteiger partial charge in [-0.1, -0.05) is 0 Å². The first-order valence-corrected chi connectivity index (χ1v) is 7.02. The van der Waals surface area contributed by atoms with Gasteiger partial charge in [-0.2, -0.15) is 21.6 Å². The summed E-state index contributed by atoms with van der Waals surface area (Å²) in [5.74, 6) is 0. The normalized spacial score (nSPS) is 13.8. The molecule has 0 bridgehead atoms. The molecule has 0 aromatic heterocycles. The molecule has 0 radical (unpaired) electrons. The van der Waals surface area contributed by atoms with Crippen LogP contribution in [-0.4, -0.2) is 23.0 Å². The van der Waals surface area contributed by atoms with Crippen molar-refractivity contribution in [2.24, 2.45) is 0 Å². The summed E-state index contributed by atoms with van der Waals surface area (Å²) < 4.78 is 62.0. The molecule has 0 aliphatic carbocycles. The lowest BCUT2D eigenvalue weighted by atomic mass is 11.6. The van der Waals surface area contributed by atoms with Crippen molar-refractivity contribution in [3.05, 3.63) is 0 Å². The van der Waals surface area contributed by atoms with E-state index < -0.39 is 24.7 Å². The SMILES string of the molecule is C[SiH](C)OOS(=O)(=O)C(F)(F)F. The zero-order chi connectivity index (χ0) is 9.99. The Kier molecular flexibility index (Phi) is 3.69. The van der Waals surface area contributed by atoms with E-state index in [1.807, 2.05) is 0 Å². The van der Waals surface area contributed by atoms with E-state index in [-0.39, 0.29) is 0 Å². The Bertz CT molecular complexity index is 232. The Labute approximate surface area is 69.1 Å². The fourth-order valence-corrected chi connectivity index (χ4v) is 1.29. The smallest absolute Gasteiger partial charge is 0.274 e. The van der Waals surface area contributed by atoms with Gasteiger partial charge in [0, 0.05) is 0 Å². The fourth-order valence-electron chi connectivity index (χ4n) is 0.169. The van der Waals surface area contributed by atoms with E-state index in [9.17, 15) is 21.6 Å². The monoisotopic (exact) mass is 224 g/mol. The molecule has 4 nitrogen and oxygen atoms in total. The molecule has 0 atom stereocenters. The van der Waals surface area contributed by atoms with Crippen molar-refractivity contribution >= 4 is 19.2 Å². The molecule has 0 aromatic carbocycles. The first-order valence-electron chi connectivity index (χ1n) is 2.83. The van der Waals surface area contributed by atoms with Crippen molar-refractivity contribution in [1.82, 2.24) is 0 Å². The Morgan fingerprint density at radius 2 is 1.67 bits per heavy atom. The second kappa shape index (κ2) is 3.73. The Morgan fingerprint density at radius 3 is 1.92 bits per heavy atom. The summed E-state index contributed by atoms with van der Waals surface area (Å²) in [4.78, 5) is 0. The molecule has 74 valence electrons. The molecule has 12 heavy (non-hydrogen) atoms. The molecule has 0 aliphatic rings. The van der Waals surface area contributed by atoms with Gasteiger partial charge in [-0.3, -0.25) is 4.58 Å². The van der Waals surface area contributed by atoms with E-state index in [0.717, 1.165) is 0 Å². The average molecular weight is 224 g/mol. The number of alkyl halides is 3. The van der Waals surface area contributed by atoms with Gasteiger partial charge in [0.15, 0.2) is 0 Å². The van der Waals surface area contributed by atoms with Crippen LogP contribution < -0.4 is 0 Å². The molecule has 0 rings (SSSR count). The summed E-state index contributed by atoms with van der Waals surface area (Å²) in [6.07, 6.45) is 0. The minimum atomic E-state index is -5.58. The van der Waals surface area contributed by atoms with Crippen molar-refractivity contribution in [2.75, 3.05) is 0 Å². The number of hydrogen-bond donors (Lipinski definition) is 0. The van der Waals surface area contributed by atoms with Crippen molar-refractivity contribution in [3.8, 4) is 0 Å². The van der Waals surface area contributed by atoms with Crippen LogP contribution in [0.4, 0.5) is 13.2 Å². The quantitative estimate of drug-likeness (QED) is 0.307. The van der Waals surface area contributed by atoms with Crippen LogP contribution in [-0.2, 0) is 19.0 Å². The van der Waals surface area contributed by atoms with Gasteiger partial charge in [-0.05, 0) is 13.1 Å². The van der Waals surface area contributed by atoms with Crippen LogP contribution in [0.1, 0.15) is 0 Å². The van der Waals surface area contributed by atoms with E-state index in [0.29, 0.717) is 0 Å². The summed E-state index contributed by atoms with van der Waals surface area (Å²) in [6.45, 7) is 2.93. The molecule has 0 N–H and O–H groups in total. The van der Waals surface area contributed by atoms with E-state index >= 15 is 0 Å². The minimum Gasteiger partial charge on any atom is -0.274 e. The molecule has 9 heteroatoms. The molecule has 0 aliphatic heterocycles. The van der Waals surface area contributed by atoms with E-state index in [2.05, 4.69) is 8.91 Å². The lowest BCUT2D eigenvalue weighted by molar-refractivity contribution is -0.132. The highest BCUT2D eigenvalue weighted by Gasteiger charge is 2.48. The van der Waals surface area contributed by atoms with E-state index in [1.54, 1.807) is 0 Å². The predicted molar refractivity (Wildman–Crippen MR) is 36.0 cm³/mol. The third-order valence-corrected chi connectivity index (χ3v) is 2.05. The van der Waals surface area contributed by atoms with Gasteiger partial charge in [0.1, 0.15) is 0 Å². The summed E-state index contributed by atoms with van der Waals surface area (Å²) in [6, 6.07) is 0. The second-order valence-electron chi connectivity index (χ2n) is 2.11. The first kappa shape index (κ1) is 11.9. The lowest BCUT2D eigenvalue weighted by Gasteiger charge is -2.08. The molecule has 0 spiro atoms. The maximum atomic E-state index is 11.5. The van der Waals surface area contributed by atoms with Gasteiger partial charge in [0.05, 0.1) is 0 Å². The third-order valence-electron chi connectivity index (χ3n) is 0.605. The van der Waals surface area contributed by atoms with Crippen molar-refractivity contribution in [2.45, 2.75) is 18.6 Å². The molecule has 0 saturated carbocycles. The lowest BCUT2D eigenvalue weighted by Crippen LogP contribution is -2.27. The molecule has 0 aromatic rings. The highest BCUT2D eigenvalue weighted by atomic mass is 32.2. The Morgan fingerprint density at radius 1 is 1.25 bits per heavy atom. The minimum absolute atomic E-state index is 1.46. The first-order chi connectivity index (χ1) is 5.17. The van der Waals surface area contributed by atoms with Gasteiger partial charge >= 0.3 is 15.6 Å². The molecule has 0 fully saturated rings. The van der Waals surface area contributed by atoms with Gasteiger partial charge in [0.2, 0.25) is 9.04 Å². The summed E-state index contributed by atoms with van der Waals surface area (Å²) in [7, 11) is -7.52. The number of hydrogen-bond acceptors (Lipinski definition) is 4. The topological polar surface area (TPSA) is 52.6 Å². The molecular weight excluding hydrogens is 217 g/mol. The predicted octanol–water partition coefficient (Wildman–Crippen LogP) is 0.768. The zero-order valence-corrected chi connectivity index (χ0v) is 8.22. The van der Waals surface area contributed by atoms with Gasteiger partial charge in [-0.15, -0.1) is 4.33 Å². The fraction of sp³-hybridized carbons (Fsp3) is 1.00. The maximum absolute atomic E-state index is 11.5. The molecule has 0 saturated heterocycles. The summed E-state index contributed by atoms with van der Waals surface area (Å²) in [5.41, 5.74) is -5.42. The van der Waals surface area contributed by atoms with Crippen molar-refractivity contribution in [1.29, 1.82) is 0 Å². The Balaban J connectivity index is 4.27. The second-order valence-corrected chi connectivity index (χ2v) is 5.91. The van der Waals surface area contributed by atoms with Crippen LogP contribution in [0.25, 0.3) is 0 Å². The standard InChI is InChI=1S/C3H7F3O4SSi/c1-12(2)10-9-11(7,8)3(4,5)6/h12H,1-2H3. The third kappa shape index (κ3) is 3.52. The van der Waals surface area contributed by atoms with Crippen LogP contribution in [0.15, 0.2) is 0 Å². The van der Waals surface area contributed by atoms with Crippen molar-refractivity contribution in [3.63, 3.8) is 0 Å². The number of rotatable bonds is 3. The van der Waals surface area contributed by atoms with E-state index in [4.69, 9.17) is 0 Å². The highest BCUT2D eigenvalue weighted by Crippen LogP contribution is 2.24. The summed E-state index contributed by atoms with van der Waals surface area (Å²) >= 11 is 0. The van der Waals surface area contributed by atoms with Gasteiger partial charge < -0.3 is 0 Å². The highest BCUT2D eigenvalue weighted by molar-refractivity contribution is 7.87. The van der Waals surface area contributed by atoms with Crippen LogP contribution >= 0.6 is 0 Å². The van der Waals surface area contributed by atoms with Crippen LogP contribution in [0.5, 0.6) is 0 Å². The van der Waals surface area contributed by atoms with Gasteiger partial charge in [0.25, 0.3) is 0 Å². The molecule has 0 amide bonds. The Hall–Kier alpha value is -0.123. The van der Waals surface area contributed by atoms with Crippen molar-refractivity contribution < 1.29 is 30.5 Å². The van der Waals surface area contributed by atoms with Gasteiger partial charge in [-0.25, -0.2) is 0 Å². The molecule has 0 heterocycles. The maximum Gasteiger partial charge on any atom is 0.525 e. The molecular formula is C3H7F3O4SSi. The molecule has 0 unspecified atom stereocenters. The van der Waals surface area contributed by atoms with E-state index in [1.165, 1.54) is 13.1 Å². The zero-order valence-electron chi connectivity index (χ0n) is 6.25.